The summed E-state index contributed by atoms with van der Waals surface area (Å²) in [5.41, 5.74) is 6.65. The number of aliphatic hydroxyl groups excluding tert-OH is 2. The Morgan fingerprint density at radius 2 is 0.902 bits per heavy atom. The fourth-order valence-corrected chi connectivity index (χ4v) is 6.68. The summed E-state index contributed by atoms with van der Waals surface area (Å²) in [4.78, 5) is 0. The average Bonchev–Trinajstić information content (AvgIpc) is 3.27. The number of hydrogen-bond donors (Lipinski definition) is 2. The Morgan fingerprint density at radius 1 is 0.488 bits per heavy atom. The molecule has 0 saturated carbocycles. The molecule has 41 heavy (non-hydrogen) atoms. The summed E-state index contributed by atoms with van der Waals surface area (Å²) in [5, 5.41) is 24.0. The molecular weight excluding hydrogens is 508 g/mol. The fraction of sp³-hybridized carbons (Fsp3) is 0.135. The summed E-state index contributed by atoms with van der Waals surface area (Å²) in [7, 11) is 0. The topological polar surface area (TPSA) is 58.9 Å². The van der Waals surface area contributed by atoms with Crippen molar-refractivity contribution < 1.29 is 19.7 Å². The number of aliphatic hydroxyl groups is 2. The number of benzene rings is 6. The predicted molar refractivity (Wildman–Crippen MR) is 163 cm³/mol. The Labute approximate surface area is 239 Å². The molecular formula is C37H30O4. The zero-order chi connectivity index (χ0) is 28.1. The Hall–Kier alpha value is -4.64. The third-order valence-corrected chi connectivity index (χ3v) is 8.08. The molecule has 0 spiro atoms. The lowest BCUT2D eigenvalue weighted by Gasteiger charge is -2.36. The molecule has 0 fully saturated rings. The van der Waals surface area contributed by atoms with E-state index in [2.05, 4.69) is 97.1 Å². The van der Waals surface area contributed by atoms with Crippen LogP contribution in [0.15, 0.2) is 121 Å². The third kappa shape index (κ3) is 3.99. The van der Waals surface area contributed by atoms with Crippen LogP contribution in [0.25, 0.3) is 32.7 Å². The van der Waals surface area contributed by atoms with Crippen molar-refractivity contribution in [1.29, 1.82) is 0 Å². The quantitative estimate of drug-likeness (QED) is 0.212. The van der Waals surface area contributed by atoms with Crippen molar-refractivity contribution in [3.63, 3.8) is 0 Å². The first-order chi connectivity index (χ1) is 20.0. The van der Waals surface area contributed by atoms with Crippen LogP contribution in [0, 0.1) is 0 Å². The minimum Gasteiger partial charge on any atom is -0.465 e. The van der Waals surface area contributed by atoms with E-state index in [1.165, 1.54) is 33.4 Å². The van der Waals surface area contributed by atoms with Crippen molar-refractivity contribution >= 4 is 21.5 Å². The lowest BCUT2D eigenvalue weighted by molar-refractivity contribution is -0.000776. The van der Waals surface area contributed by atoms with Gasteiger partial charge in [-0.15, -0.1) is 0 Å². The highest BCUT2D eigenvalue weighted by Crippen LogP contribution is 2.58. The van der Waals surface area contributed by atoms with Gasteiger partial charge in [-0.05, 0) is 93.0 Å². The van der Waals surface area contributed by atoms with Crippen LogP contribution in [0.5, 0.6) is 11.5 Å². The van der Waals surface area contributed by atoms with Gasteiger partial charge in [-0.2, -0.15) is 0 Å². The maximum Gasteiger partial charge on any atom is 0.194 e. The maximum atomic E-state index is 9.84. The van der Waals surface area contributed by atoms with E-state index in [1.807, 2.05) is 24.3 Å². The summed E-state index contributed by atoms with van der Waals surface area (Å²) in [6, 6.07) is 42.3. The standard InChI is InChI=1S/C37H30O4/c1-23(38)40-27-17-19-29-25(21-27)9-7-15-33(29)37(35-13-5-3-11-31(35)32-12-4-6-14-36(32)37)34-16-8-10-26-22-28(41-24(2)39)18-20-30(26)34/h3-24,38-39H,1-2H3. The molecule has 0 saturated heterocycles. The molecule has 7 rings (SSSR count). The molecule has 0 amide bonds. The van der Waals surface area contributed by atoms with Gasteiger partial charge in [-0.25, -0.2) is 0 Å². The second kappa shape index (κ2) is 9.77. The number of ether oxygens (including phenoxy) is 2. The van der Waals surface area contributed by atoms with Gasteiger partial charge in [0.1, 0.15) is 11.5 Å². The van der Waals surface area contributed by atoms with Crippen LogP contribution in [0.2, 0.25) is 0 Å². The van der Waals surface area contributed by atoms with Gasteiger partial charge in [0.15, 0.2) is 12.6 Å². The van der Waals surface area contributed by atoms with Gasteiger partial charge >= 0.3 is 0 Å². The van der Waals surface area contributed by atoms with E-state index in [4.69, 9.17) is 9.47 Å². The van der Waals surface area contributed by atoms with Crippen molar-refractivity contribution in [2.24, 2.45) is 0 Å². The molecule has 2 atom stereocenters. The number of hydrogen-bond acceptors (Lipinski definition) is 4. The average molecular weight is 539 g/mol. The minimum absolute atomic E-state index is 0.606. The van der Waals surface area contributed by atoms with Crippen molar-refractivity contribution in [3.8, 4) is 22.6 Å². The molecule has 0 heterocycles. The predicted octanol–water partition coefficient (Wildman–Crippen LogP) is 7.79. The summed E-state index contributed by atoms with van der Waals surface area (Å²) >= 11 is 0. The second-order valence-corrected chi connectivity index (χ2v) is 10.7. The lowest BCUT2D eigenvalue weighted by atomic mass is 9.65. The third-order valence-electron chi connectivity index (χ3n) is 8.08. The van der Waals surface area contributed by atoms with Crippen LogP contribution in [0.3, 0.4) is 0 Å². The van der Waals surface area contributed by atoms with Gasteiger partial charge < -0.3 is 19.7 Å². The van der Waals surface area contributed by atoms with Crippen molar-refractivity contribution in [2.75, 3.05) is 0 Å². The molecule has 6 aromatic rings. The SMILES string of the molecule is CC(O)Oc1ccc2c(C3(c4cccc5cc(OC(C)O)ccc45)c4ccccc4-c4ccccc43)cccc2c1. The first-order valence-corrected chi connectivity index (χ1v) is 13.9. The monoisotopic (exact) mass is 538 g/mol. The van der Waals surface area contributed by atoms with Crippen LogP contribution < -0.4 is 9.47 Å². The first-order valence-electron chi connectivity index (χ1n) is 13.9. The van der Waals surface area contributed by atoms with Crippen LogP contribution >= 0.6 is 0 Å². The molecule has 1 aliphatic carbocycles. The van der Waals surface area contributed by atoms with Gasteiger partial charge in [-0.3, -0.25) is 0 Å². The number of fused-ring (bicyclic) bond motifs is 5. The molecule has 2 N–H and O–H groups in total. The summed E-state index contributed by atoms with van der Waals surface area (Å²) < 4.78 is 11.3. The van der Waals surface area contributed by atoms with E-state index in [0.717, 1.165) is 21.5 Å². The fourth-order valence-electron chi connectivity index (χ4n) is 6.68. The van der Waals surface area contributed by atoms with E-state index in [-0.39, 0.29) is 0 Å². The lowest BCUT2D eigenvalue weighted by Crippen LogP contribution is -2.29. The molecule has 4 nitrogen and oxygen atoms in total. The van der Waals surface area contributed by atoms with Crippen molar-refractivity contribution in [2.45, 2.75) is 31.8 Å². The molecule has 2 unspecified atom stereocenters. The largest absolute Gasteiger partial charge is 0.465 e. The van der Waals surface area contributed by atoms with E-state index < -0.39 is 18.0 Å². The van der Waals surface area contributed by atoms with Gasteiger partial charge in [0, 0.05) is 0 Å². The molecule has 0 bridgehead atoms. The van der Waals surface area contributed by atoms with Crippen LogP contribution in [-0.2, 0) is 5.41 Å². The highest BCUT2D eigenvalue weighted by atomic mass is 16.6. The highest BCUT2D eigenvalue weighted by molar-refractivity contribution is 5.99. The van der Waals surface area contributed by atoms with Gasteiger partial charge in [0.05, 0.1) is 5.41 Å². The molecule has 4 heteroatoms. The molecule has 202 valence electrons. The van der Waals surface area contributed by atoms with Gasteiger partial charge in [0.25, 0.3) is 0 Å². The zero-order valence-electron chi connectivity index (χ0n) is 22.9. The molecule has 1 aliphatic rings. The summed E-state index contributed by atoms with van der Waals surface area (Å²) in [6.45, 7) is 3.22. The van der Waals surface area contributed by atoms with Crippen molar-refractivity contribution in [1.82, 2.24) is 0 Å². The zero-order valence-corrected chi connectivity index (χ0v) is 22.9. The van der Waals surface area contributed by atoms with Crippen LogP contribution in [0.1, 0.15) is 36.1 Å². The van der Waals surface area contributed by atoms with Gasteiger partial charge in [0.2, 0.25) is 0 Å². The van der Waals surface area contributed by atoms with E-state index in [9.17, 15) is 10.2 Å². The highest BCUT2D eigenvalue weighted by Gasteiger charge is 2.47. The second-order valence-electron chi connectivity index (χ2n) is 10.7. The normalized spacial score (nSPS) is 14.8. The smallest absolute Gasteiger partial charge is 0.194 e. The molecule has 6 aromatic carbocycles. The summed E-state index contributed by atoms with van der Waals surface area (Å²) in [5.74, 6) is 1.25. The van der Waals surface area contributed by atoms with E-state index in [1.54, 1.807) is 13.8 Å². The van der Waals surface area contributed by atoms with Crippen molar-refractivity contribution in [3.05, 3.63) is 144 Å². The van der Waals surface area contributed by atoms with Crippen LogP contribution in [-0.4, -0.2) is 22.8 Å². The Bertz CT molecular complexity index is 1780. The maximum absolute atomic E-state index is 9.84. The minimum atomic E-state index is -0.895. The number of rotatable bonds is 6. The molecule has 0 aromatic heterocycles. The van der Waals surface area contributed by atoms with Crippen LogP contribution in [0.4, 0.5) is 0 Å². The Balaban J connectivity index is 1.60. The molecule has 0 aliphatic heterocycles. The van der Waals surface area contributed by atoms with E-state index >= 15 is 0 Å². The summed E-state index contributed by atoms with van der Waals surface area (Å²) in [6.07, 6.45) is -1.79. The Morgan fingerprint density at radius 3 is 1.34 bits per heavy atom. The Kier molecular flexibility index (Phi) is 6.04. The first kappa shape index (κ1) is 25.3. The molecule has 0 radical (unpaired) electrons. The van der Waals surface area contributed by atoms with E-state index in [0.29, 0.717) is 11.5 Å². The van der Waals surface area contributed by atoms with Gasteiger partial charge in [-0.1, -0.05) is 97.1 Å².